The van der Waals surface area contributed by atoms with Gasteiger partial charge in [0.05, 0.1) is 0 Å². The number of hydrogen-bond donors (Lipinski definition) is 2. The van der Waals surface area contributed by atoms with Crippen LogP contribution in [0.2, 0.25) is 0 Å². The standard InChI is InChI=1S/C20H26N2O2/c1-3-4-16(23)21-14-8-5-11(2)15(10-14)22-20(24)19-17-12-6-7-13(9-12)18(17)19/h5,8,10,12-13,17-19H,3-4,6-7,9H2,1-2H3,(H,21,23)(H,22,24)/t12-,13+,17+,18-,19?. The van der Waals surface area contributed by atoms with Gasteiger partial charge in [-0.15, -0.1) is 0 Å². The Bertz CT molecular complexity index is 668. The van der Waals surface area contributed by atoms with E-state index in [9.17, 15) is 9.59 Å². The van der Waals surface area contributed by atoms with E-state index in [0.717, 1.165) is 35.2 Å². The molecular formula is C20H26N2O2. The molecule has 0 saturated heterocycles. The minimum absolute atomic E-state index is 0.0203. The third kappa shape index (κ3) is 2.62. The SMILES string of the molecule is CCCC(=O)Nc1ccc(C)c(NC(=O)C2[C@@H]3[C@H]4CC[C@H](C4)[C@H]23)c1. The van der Waals surface area contributed by atoms with Crippen molar-refractivity contribution in [1.82, 2.24) is 0 Å². The molecule has 2 N–H and O–H groups in total. The lowest BCUT2D eigenvalue weighted by Gasteiger charge is -2.13. The Hall–Kier alpha value is -1.84. The minimum atomic E-state index is 0.0203. The van der Waals surface area contributed by atoms with Crippen LogP contribution in [0.25, 0.3) is 0 Å². The molecule has 0 spiro atoms. The smallest absolute Gasteiger partial charge is 0.228 e. The third-order valence-electron chi connectivity index (χ3n) is 6.29. The molecule has 1 aromatic carbocycles. The summed E-state index contributed by atoms with van der Waals surface area (Å²) in [5.41, 5.74) is 2.61. The van der Waals surface area contributed by atoms with Gasteiger partial charge in [-0.1, -0.05) is 13.0 Å². The van der Waals surface area contributed by atoms with Crippen LogP contribution in [0.4, 0.5) is 11.4 Å². The van der Waals surface area contributed by atoms with Crippen molar-refractivity contribution in [3.05, 3.63) is 23.8 Å². The summed E-state index contributed by atoms with van der Waals surface area (Å²) in [6.07, 6.45) is 5.36. The van der Waals surface area contributed by atoms with Gasteiger partial charge in [0, 0.05) is 23.7 Å². The Kier molecular flexibility index (Phi) is 3.86. The Morgan fingerprint density at radius 3 is 2.50 bits per heavy atom. The lowest BCUT2D eigenvalue weighted by Crippen LogP contribution is -2.19. The van der Waals surface area contributed by atoms with Gasteiger partial charge in [0.25, 0.3) is 0 Å². The van der Waals surface area contributed by atoms with E-state index in [0.29, 0.717) is 18.3 Å². The van der Waals surface area contributed by atoms with E-state index in [1.165, 1.54) is 19.3 Å². The molecule has 4 heteroatoms. The maximum absolute atomic E-state index is 12.7. The van der Waals surface area contributed by atoms with Gasteiger partial charge in [-0.25, -0.2) is 0 Å². The van der Waals surface area contributed by atoms with E-state index in [4.69, 9.17) is 0 Å². The molecule has 3 fully saturated rings. The highest BCUT2D eigenvalue weighted by Crippen LogP contribution is 2.69. The number of anilines is 2. The van der Waals surface area contributed by atoms with Crippen molar-refractivity contribution in [2.24, 2.45) is 29.6 Å². The molecule has 2 amide bonds. The van der Waals surface area contributed by atoms with Crippen molar-refractivity contribution >= 4 is 23.2 Å². The van der Waals surface area contributed by atoms with E-state index in [1.807, 2.05) is 32.0 Å². The number of fused-ring (bicyclic) bond motifs is 5. The lowest BCUT2D eigenvalue weighted by molar-refractivity contribution is -0.118. The van der Waals surface area contributed by atoms with Gasteiger partial charge in [-0.3, -0.25) is 9.59 Å². The number of amides is 2. The summed E-state index contributed by atoms with van der Waals surface area (Å²) in [4.78, 5) is 24.5. The van der Waals surface area contributed by atoms with Crippen LogP contribution in [0, 0.1) is 36.5 Å². The molecule has 128 valence electrons. The topological polar surface area (TPSA) is 58.2 Å². The summed E-state index contributed by atoms with van der Waals surface area (Å²) in [7, 11) is 0. The van der Waals surface area contributed by atoms with Crippen LogP contribution in [0.5, 0.6) is 0 Å². The fraction of sp³-hybridized carbons (Fsp3) is 0.600. The zero-order valence-electron chi connectivity index (χ0n) is 14.5. The predicted octanol–water partition coefficient (Wildman–Crippen LogP) is 3.96. The van der Waals surface area contributed by atoms with Gasteiger partial charge in [-0.05, 0) is 74.0 Å². The maximum atomic E-state index is 12.7. The second-order valence-electron chi connectivity index (χ2n) is 7.83. The van der Waals surface area contributed by atoms with E-state index < -0.39 is 0 Å². The number of benzene rings is 1. The molecule has 0 heterocycles. The fourth-order valence-corrected chi connectivity index (χ4v) is 5.18. The Morgan fingerprint density at radius 1 is 1.12 bits per heavy atom. The Labute approximate surface area is 143 Å². The molecule has 5 atom stereocenters. The summed E-state index contributed by atoms with van der Waals surface area (Å²) >= 11 is 0. The second kappa shape index (κ2) is 5.91. The summed E-state index contributed by atoms with van der Waals surface area (Å²) in [5.74, 6) is 3.34. The summed E-state index contributed by atoms with van der Waals surface area (Å²) in [5, 5.41) is 6.03. The number of rotatable bonds is 5. The highest BCUT2D eigenvalue weighted by Gasteiger charge is 2.67. The van der Waals surface area contributed by atoms with Crippen LogP contribution in [0.3, 0.4) is 0 Å². The third-order valence-corrected chi connectivity index (χ3v) is 6.29. The number of hydrogen-bond acceptors (Lipinski definition) is 2. The van der Waals surface area contributed by atoms with Gasteiger partial charge in [0.2, 0.25) is 11.8 Å². The fourth-order valence-electron chi connectivity index (χ4n) is 5.18. The first kappa shape index (κ1) is 15.7. The second-order valence-corrected chi connectivity index (χ2v) is 7.83. The van der Waals surface area contributed by atoms with E-state index in [1.54, 1.807) is 0 Å². The zero-order valence-corrected chi connectivity index (χ0v) is 14.5. The first-order valence-corrected chi connectivity index (χ1v) is 9.30. The van der Waals surface area contributed by atoms with E-state index in [2.05, 4.69) is 10.6 Å². The van der Waals surface area contributed by atoms with Crippen molar-refractivity contribution in [1.29, 1.82) is 0 Å². The number of carbonyl (C=O) groups is 2. The van der Waals surface area contributed by atoms with Crippen LogP contribution in [-0.4, -0.2) is 11.8 Å². The Morgan fingerprint density at radius 2 is 1.83 bits per heavy atom. The van der Waals surface area contributed by atoms with Crippen LogP contribution < -0.4 is 10.6 Å². The molecule has 4 nitrogen and oxygen atoms in total. The average Bonchev–Trinajstić information content (AvgIpc) is 2.99. The number of nitrogens with one attached hydrogen (secondary N) is 2. The first-order valence-electron chi connectivity index (χ1n) is 9.30. The molecule has 1 unspecified atom stereocenters. The highest BCUT2D eigenvalue weighted by atomic mass is 16.2. The van der Waals surface area contributed by atoms with Gasteiger partial charge in [-0.2, -0.15) is 0 Å². The average molecular weight is 326 g/mol. The van der Waals surface area contributed by atoms with Crippen molar-refractivity contribution in [2.45, 2.75) is 46.0 Å². The van der Waals surface area contributed by atoms with Crippen LogP contribution in [0.1, 0.15) is 44.6 Å². The number of carbonyl (C=O) groups excluding carboxylic acids is 2. The molecule has 0 aromatic heterocycles. The Balaban J connectivity index is 1.43. The van der Waals surface area contributed by atoms with Crippen LogP contribution in [0.15, 0.2) is 18.2 Å². The van der Waals surface area contributed by atoms with E-state index >= 15 is 0 Å². The monoisotopic (exact) mass is 326 g/mol. The lowest BCUT2D eigenvalue weighted by atomic mass is 10.0. The van der Waals surface area contributed by atoms with Gasteiger partial charge in [0.15, 0.2) is 0 Å². The van der Waals surface area contributed by atoms with Crippen molar-refractivity contribution in [3.8, 4) is 0 Å². The van der Waals surface area contributed by atoms with Crippen LogP contribution >= 0.6 is 0 Å². The summed E-state index contributed by atoms with van der Waals surface area (Å²) < 4.78 is 0. The molecule has 0 aliphatic heterocycles. The van der Waals surface area contributed by atoms with Crippen molar-refractivity contribution < 1.29 is 9.59 Å². The normalized spacial score (nSPS) is 32.3. The van der Waals surface area contributed by atoms with Crippen molar-refractivity contribution in [3.63, 3.8) is 0 Å². The molecule has 1 aromatic rings. The molecule has 3 saturated carbocycles. The quantitative estimate of drug-likeness (QED) is 0.860. The zero-order chi connectivity index (χ0) is 16.8. The molecule has 4 rings (SSSR count). The predicted molar refractivity (Wildman–Crippen MR) is 94.6 cm³/mol. The van der Waals surface area contributed by atoms with Gasteiger partial charge < -0.3 is 10.6 Å². The summed E-state index contributed by atoms with van der Waals surface area (Å²) in [6, 6.07) is 5.73. The molecule has 2 bridgehead atoms. The number of aryl methyl sites for hydroxylation is 1. The van der Waals surface area contributed by atoms with E-state index in [-0.39, 0.29) is 17.7 Å². The maximum Gasteiger partial charge on any atom is 0.228 e. The van der Waals surface area contributed by atoms with Gasteiger partial charge >= 0.3 is 0 Å². The molecule has 24 heavy (non-hydrogen) atoms. The minimum Gasteiger partial charge on any atom is -0.326 e. The van der Waals surface area contributed by atoms with Crippen molar-refractivity contribution in [2.75, 3.05) is 10.6 Å². The molecule has 3 aliphatic rings. The molecular weight excluding hydrogens is 300 g/mol. The van der Waals surface area contributed by atoms with Crippen LogP contribution in [-0.2, 0) is 9.59 Å². The summed E-state index contributed by atoms with van der Waals surface area (Å²) in [6.45, 7) is 3.98. The first-order chi connectivity index (χ1) is 11.6. The molecule has 3 aliphatic carbocycles. The largest absolute Gasteiger partial charge is 0.326 e. The highest BCUT2D eigenvalue weighted by molar-refractivity contribution is 5.97. The molecule has 0 radical (unpaired) electrons. The van der Waals surface area contributed by atoms with Gasteiger partial charge in [0.1, 0.15) is 0 Å².